The SMILES string of the molecule is COC(=O)C[C@]12C(=O)NCCN1[C@@H](c1ccc(F)cc1)[C@@H]1C(=O)N(c3ccccc3)C(=O)[C@@H]12. The Morgan fingerprint density at radius 2 is 1.79 bits per heavy atom. The lowest BCUT2D eigenvalue weighted by Gasteiger charge is -2.45. The zero-order valence-corrected chi connectivity index (χ0v) is 17.9. The molecule has 3 saturated heterocycles. The first-order chi connectivity index (χ1) is 15.9. The predicted molar refractivity (Wildman–Crippen MR) is 114 cm³/mol. The number of ether oxygens (including phenoxy) is 1. The number of piperazine rings is 1. The first-order valence-corrected chi connectivity index (χ1v) is 10.7. The van der Waals surface area contributed by atoms with Gasteiger partial charge in [-0.15, -0.1) is 0 Å². The predicted octanol–water partition coefficient (Wildman–Crippen LogP) is 1.42. The Hall–Kier alpha value is -3.59. The number of carbonyl (C=O) groups excluding carboxylic acids is 4. The van der Waals surface area contributed by atoms with Crippen molar-refractivity contribution in [3.8, 4) is 0 Å². The van der Waals surface area contributed by atoms with Crippen LogP contribution in [0.25, 0.3) is 0 Å². The van der Waals surface area contributed by atoms with Gasteiger partial charge in [0.1, 0.15) is 11.4 Å². The van der Waals surface area contributed by atoms with Crippen molar-refractivity contribution in [1.82, 2.24) is 10.2 Å². The number of esters is 1. The van der Waals surface area contributed by atoms with E-state index in [1.807, 2.05) is 0 Å². The van der Waals surface area contributed by atoms with E-state index in [0.717, 1.165) is 4.90 Å². The highest BCUT2D eigenvalue weighted by atomic mass is 19.1. The first-order valence-electron chi connectivity index (χ1n) is 10.7. The van der Waals surface area contributed by atoms with Crippen molar-refractivity contribution in [2.24, 2.45) is 11.8 Å². The third-order valence-corrected chi connectivity index (χ3v) is 6.95. The third-order valence-electron chi connectivity index (χ3n) is 6.95. The molecular formula is C24H22FN3O5. The average Bonchev–Trinajstić information content (AvgIpc) is 3.26. The second kappa shape index (κ2) is 7.77. The summed E-state index contributed by atoms with van der Waals surface area (Å²) in [4.78, 5) is 56.3. The summed E-state index contributed by atoms with van der Waals surface area (Å²) in [7, 11) is 1.21. The van der Waals surface area contributed by atoms with Crippen LogP contribution in [-0.4, -0.2) is 54.3 Å². The standard InChI is InChI=1S/C24H22FN3O5/c1-33-17(29)13-24-19-18(21(30)28(22(19)31)16-5-3-2-4-6-16)20(14-7-9-15(25)10-8-14)27(24)12-11-26-23(24)32/h2-10,18-20H,11-13H2,1H3,(H,26,32)/t18-,19-,20+,24+/m1/s1. The summed E-state index contributed by atoms with van der Waals surface area (Å²) in [6.45, 7) is 0.618. The number of halogens is 1. The molecule has 2 aromatic rings. The minimum absolute atomic E-state index is 0.295. The van der Waals surface area contributed by atoms with E-state index in [1.54, 1.807) is 47.4 Å². The van der Waals surface area contributed by atoms with E-state index in [-0.39, 0.29) is 6.42 Å². The van der Waals surface area contributed by atoms with E-state index < -0.39 is 52.9 Å². The van der Waals surface area contributed by atoms with Crippen LogP contribution in [-0.2, 0) is 23.9 Å². The molecule has 3 heterocycles. The Bertz CT molecular complexity index is 1140. The Kier molecular flexibility index (Phi) is 5.01. The van der Waals surface area contributed by atoms with E-state index in [0.29, 0.717) is 24.3 Å². The number of anilines is 1. The van der Waals surface area contributed by atoms with Gasteiger partial charge in [0.15, 0.2) is 0 Å². The second-order valence-corrected chi connectivity index (χ2v) is 8.47. The van der Waals surface area contributed by atoms with E-state index in [1.165, 1.54) is 19.2 Å². The van der Waals surface area contributed by atoms with Gasteiger partial charge in [-0.1, -0.05) is 30.3 Å². The lowest BCUT2D eigenvalue weighted by atomic mass is 9.76. The minimum Gasteiger partial charge on any atom is -0.469 e. The van der Waals surface area contributed by atoms with Crippen molar-refractivity contribution < 1.29 is 28.3 Å². The summed E-state index contributed by atoms with van der Waals surface area (Å²) < 4.78 is 18.6. The monoisotopic (exact) mass is 451 g/mol. The average molecular weight is 451 g/mol. The van der Waals surface area contributed by atoms with Crippen molar-refractivity contribution >= 4 is 29.4 Å². The number of imide groups is 1. The lowest BCUT2D eigenvalue weighted by molar-refractivity contribution is -0.154. The van der Waals surface area contributed by atoms with Crippen LogP contribution in [0.3, 0.4) is 0 Å². The summed E-state index contributed by atoms with van der Waals surface area (Å²) in [5.41, 5.74) is -0.592. The summed E-state index contributed by atoms with van der Waals surface area (Å²) in [6, 6.07) is 13.5. The minimum atomic E-state index is -1.59. The Morgan fingerprint density at radius 1 is 1.09 bits per heavy atom. The number of methoxy groups -OCH3 is 1. The van der Waals surface area contributed by atoms with Crippen LogP contribution in [0.2, 0.25) is 0 Å². The third kappa shape index (κ3) is 2.99. The molecule has 1 N–H and O–H groups in total. The molecule has 0 saturated carbocycles. The van der Waals surface area contributed by atoms with E-state index in [2.05, 4.69) is 5.32 Å². The van der Waals surface area contributed by atoms with Crippen molar-refractivity contribution in [1.29, 1.82) is 0 Å². The summed E-state index contributed by atoms with van der Waals surface area (Å²) >= 11 is 0. The molecule has 0 bridgehead atoms. The number of hydrogen-bond acceptors (Lipinski definition) is 6. The number of nitrogens with one attached hydrogen (secondary N) is 1. The molecule has 9 heteroatoms. The highest BCUT2D eigenvalue weighted by Crippen LogP contribution is 2.57. The second-order valence-electron chi connectivity index (χ2n) is 8.47. The van der Waals surface area contributed by atoms with Crippen LogP contribution >= 0.6 is 0 Å². The Labute approximate surface area is 189 Å². The van der Waals surface area contributed by atoms with Crippen LogP contribution in [0.1, 0.15) is 18.0 Å². The quantitative estimate of drug-likeness (QED) is 0.558. The Balaban J connectivity index is 1.71. The van der Waals surface area contributed by atoms with Crippen molar-refractivity contribution in [3.63, 3.8) is 0 Å². The maximum Gasteiger partial charge on any atom is 0.307 e. The summed E-state index contributed by atoms with van der Waals surface area (Å²) in [5, 5.41) is 2.78. The van der Waals surface area contributed by atoms with Crippen LogP contribution in [0.4, 0.5) is 10.1 Å². The van der Waals surface area contributed by atoms with Crippen molar-refractivity contribution in [2.45, 2.75) is 18.0 Å². The van der Waals surface area contributed by atoms with Crippen LogP contribution < -0.4 is 10.2 Å². The van der Waals surface area contributed by atoms with Crippen LogP contribution in [0.15, 0.2) is 54.6 Å². The molecule has 0 radical (unpaired) electrons. The fraction of sp³-hybridized carbons (Fsp3) is 0.333. The zero-order valence-electron chi connectivity index (χ0n) is 17.9. The maximum atomic E-state index is 13.8. The molecule has 2 aromatic carbocycles. The van der Waals surface area contributed by atoms with Gasteiger partial charge < -0.3 is 10.1 Å². The fourth-order valence-corrected chi connectivity index (χ4v) is 5.65. The van der Waals surface area contributed by atoms with Gasteiger partial charge in [-0.25, -0.2) is 9.29 Å². The molecule has 3 aliphatic heterocycles. The summed E-state index contributed by atoms with van der Waals surface area (Å²) in [6.07, 6.45) is -0.379. The van der Waals surface area contributed by atoms with Gasteiger partial charge in [-0.3, -0.25) is 24.1 Å². The van der Waals surface area contributed by atoms with Crippen LogP contribution in [0.5, 0.6) is 0 Å². The molecule has 3 fully saturated rings. The maximum absolute atomic E-state index is 13.8. The largest absolute Gasteiger partial charge is 0.469 e. The Morgan fingerprint density at radius 3 is 2.45 bits per heavy atom. The molecule has 3 aliphatic rings. The van der Waals surface area contributed by atoms with Gasteiger partial charge in [0.2, 0.25) is 17.7 Å². The summed E-state index contributed by atoms with van der Waals surface area (Å²) in [5.74, 6) is -4.59. The molecule has 33 heavy (non-hydrogen) atoms. The number of hydrogen-bond donors (Lipinski definition) is 1. The zero-order chi connectivity index (χ0) is 23.3. The van der Waals surface area contributed by atoms with Gasteiger partial charge in [-0.05, 0) is 29.8 Å². The van der Waals surface area contributed by atoms with Crippen molar-refractivity contribution in [3.05, 3.63) is 66.0 Å². The molecule has 0 aliphatic carbocycles. The number of benzene rings is 2. The number of carbonyl (C=O) groups is 4. The highest BCUT2D eigenvalue weighted by Gasteiger charge is 2.73. The lowest BCUT2D eigenvalue weighted by Crippen LogP contribution is -2.67. The van der Waals surface area contributed by atoms with Crippen LogP contribution in [0, 0.1) is 17.7 Å². The molecule has 5 rings (SSSR count). The van der Waals surface area contributed by atoms with Gasteiger partial charge in [0.05, 0.1) is 31.1 Å². The normalized spacial score (nSPS) is 29.0. The number of rotatable bonds is 4. The molecule has 3 amide bonds. The van der Waals surface area contributed by atoms with Crippen molar-refractivity contribution in [2.75, 3.05) is 25.1 Å². The van der Waals surface area contributed by atoms with E-state index >= 15 is 0 Å². The fourth-order valence-electron chi connectivity index (χ4n) is 5.65. The van der Waals surface area contributed by atoms with E-state index in [4.69, 9.17) is 4.74 Å². The molecule has 0 aromatic heterocycles. The number of para-hydroxylation sites is 1. The topological polar surface area (TPSA) is 96.0 Å². The van der Waals surface area contributed by atoms with E-state index in [9.17, 15) is 23.6 Å². The molecule has 8 nitrogen and oxygen atoms in total. The van der Waals surface area contributed by atoms with Gasteiger partial charge >= 0.3 is 5.97 Å². The van der Waals surface area contributed by atoms with Gasteiger partial charge in [0.25, 0.3) is 0 Å². The number of fused-ring (bicyclic) bond motifs is 3. The molecule has 4 atom stereocenters. The number of nitrogens with zero attached hydrogens (tertiary/aromatic N) is 2. The molecular weight excluding hydrogens is 429 g/mol. The molecule has 0 unspecified atom stereocenters. The first kappa shape index (κ1) is 21.3. The highest BCUT2D eigenvalue weighted by molar-refractivity contribution is 6.24. The van der Waals surface area contributed by atoms with Gasteiger partial charge in [-0.2, -0.15) is 0 Å². The van der Waals surface area contributed by atoms with Gasteiger partial charge in [0, 0.05) is 19.1 Å². The smallest absolute Gasteiger partial charge is 0.307 e. The molecule has 170 valence electrons. The molecule has 0 spiro atoms. The number of amides is 3.